The number of halogens is 1. The molecule has 0 aromatic carbocycles. The molecule has 9 heavy (non-hydrogen) atoms. The van der Waals surface area contributed by atoms with Crippen LogP contribution >= 0.6 is 22.6 Å². The van der Waals surface area contributed by atoms with Crippen LogP contribution in [0.1, 0.15) is 13.3 Å². The van der Waals surface area contributed by atoms with E-state index in [4.69, 9.17) is 4.74 Å². The number of rotatable bonds is 1. The highest BCUT2D eigenvalue weighted by molar-refractivity contribution is 14.1. The first kappa shape index (κ1) is 7.05. The van der Waals surface area contributed by atoms with Gasteiger partial charge in [0, 0.05) is 9.66 Å². The maximum absolute atomic E-state index is 10.5. The van der Waals surface area contributed by atoms with Crippen LogP contribution in [-0.2, 0) is 9.53 Å². The smallest absolute Gasteiger partial charge is 0.332 e. The van der Waals surface area contributed by atoms with Crippen molar-refractivity contribution in [2.75, 3.05) is 0 Å². The zero-order valence-corrected chi connectivity index (χ0v) is 7.21. The average molecular weight is 238 g/mol. The van der Waals surface area contributed by atoms with E-state index in [1.165, 1.54) is 6.08 Å². The molecule has 1 aliphatic rings. The SMILES string of the molecule is CCC1OC(=O)C=C1I. The summed E-state index contributed by atoms with van der Waals surface area (Å²) in [5.74, 6) is -0.203. The molecular formula is C6H7IO2. The van der Waals surface area contributed by atoms with Crippen molar-refractivity contribution in [3.05, 3.63) is 9.66 Å². The lowest BCUT2D eigenvalue weighted by Crippen LogP contribution is -2.06. The summed E-state index contributed by atoms with van der Waals surface area (Å²) in [5, 5.41) is 0. The van der Waals surface area contributed by atoms with Crippen molar-refractivity contribution < 1.29 is 9.53 Å². The van der Waals surface area contributed by atoms with Gasteiger partial charge in [0.05, 0.1) is 0 Å². The Bertz CT molecular complexity index is 162. The van der Waals surface area contributed by atoms with E-state index in [0.717, 1.165) is 10.0 Å². The molecule has 0 saturated heterocycles. The molecule has 1 rings (SSSR count). The van der Waals surface area contributed by atoms with E-state index < -0.39 is 0 Å². The van der Waals surface area contributed by atoms with Crippen LogP contribution in [0.5, 0.6) is 0 Å². The number of esters is 1. The first-order valence-corrected chi connectivity index (χ1v) is 3.89. The van der Waals surface area contributed by atoms with Gasteiger partial charge in [-0.05, 0) is 29.0 Å². The molecule has 0 fully saturated rings. The molecule has 1 unspecified atom stereocenters. The Hall–Kier alpha value is -0.0600. The molecule has 0 aromatic rings. The highest BCUT2D eigenvalue weighted by Crippen LogP contribution is 2.23. The van der Waals surface area contributed by atoms with Gasteiger partial charge in [0.2, 0.25) is 0 Å². The van der Waals surface area contributed by atoms with E-state index in [9.17, 15) is 4.79 Å². The van der Waals surface area contributed by atoms with Crippen LogP contribution in [-0.4, -0.2) is 12.1 Å². The van der Waals surface area contributed by atoms with Gasteiger partial charge in [0.1, 0.15) is 6.10 Å². The summed E-state index contributed by atoms with van der Waals surface area (Å²) < 4.78 is 5.90. The highest BCUT2D eigenvalue weighted by atomic mass is 127. The predicted molar refractivity (Wildman–Crippen MR) is 42.3 cm³/mol. The fraction of sp³-hybridized carbons (Fsp3) is 0.500. The van der Waals surface area contributed by atoms with E-state index >= 15 is 0 Å². The third-order valence-corrected chi connectivity index (χ3v) is 2.20. The molecule has 1 atom stereocenters. The van der Waals surface area contributed by atoms with Crippen LogP contribution in [0.2, 0.25) is 0 Å². The summed E-state index contributed by atoms with van der Waals surface area (Å²) in [6.07, 6.45) is 2.45. The fourth-order valence-corrected chi connectivity index (χ4v) is 1.54. The number of ether oxygens (including phenoxy) is 1. The Morgan fingerprint density at radius 1 is 1.89 bits per heavy atom. The van der Waals surface area contributed by atoms with Gasteiger partial charge in [-0.15, -0.1) is 0 Å². The third-order valence-electron chi connectivity index (χ3n) is 1.19. The second-order valence-corrected chi connectivity index (χ2v) is 3.11. The molecular weight excluding hydrogens is 231 g/mol. The van der Waals surface area contributed by atoms with Crippen molar-refractivity contribution in [2.24, 2.45) is 0 Å². The molecule has 0 aromatic heterocycles. The number of carbonyl (C=O) groups excluding carboxylic acids is 1. The second-order valence-electron chi connectivity index (χ2n) is 1.86. The molecule has 0 amide bonds. The quantitative estimate of drug-likeness (QED) is 0.512. The lowest BCUT2D eigenvalue weighted by molar-refractivity contribution is -0.138. The van der Waals surface area contributed by atoms with E-state index in [0.29, 0.717) is 0 Å². The van der Waals surface area contributed by atoms with Crippen LogP contribution < -0.4 is 0 Å². The van der Waals surface area contributed by atoms with Crippen molar-refractivity contribution in [3.8, 4) is 0 Å². The Morgan fingerprint density at radius 3 is 2.78 bits per heavy atom. The fourth-order valence-electron chi connectivity index (χ4n) is 0.714. The molecule has 0 bridgehead atoms. The molecule has 0 radical (unpaired) electrons. The molecule has 1 aliphatic heterocycles. The first-order chi connectivity index (χ1) is 4.24. The zero-order chi connectivity index (χ0) is 6.85. The summed E-state index contributed by atoms with van der Waals surface area (Å²) >= 11 is 2.12. The van der Waals surface area contributed by atoms with Crippen LogP contribution in [0.3, 0.4) is 0 Å². The summed E-state index contributed by atoms with van der Waals surface area (Å²) in [6.45, 7) is 2.00. The summed E-state index contributed by atoms with van der Waals surface area (Å²) in [4.78, 5) is 10.5. The van der Waals surface area contributed by atoms with E-state index in [1.807, 2.05) is 6.92 Å². The monoisotopic (exact) mass is 238 g/mol. The van der Waals surface area contributed by atoms with Gasteiger partial charge < -0.3 is 4.74 Å². The van der Waals surface area contributed by atoms with Crippen molar-refractivity contribution in [1.82, 2.24) is 0 Å². The van der Waals surface area contributed by atoms with Gasteiger partial charge in [0.25, 0.3) is 0 Å². The number of carbonyl (C=O) groups is 1. The largest absolute Gasteiger partial charge is 0.454 e. The summed E-state index contributed by atoms with van der Waals surface area (Å²) in [7, 11) is 0. The van der Waals surface area contributed by atoms with E-state index in [1.54, 1.807) is 0 Å². The molecule has 3 heteroatoms. The van der Waals surface area contributed by atoms with Crippen molar-refractivity contribution in [3.63, 3.8) is 0 Å². The van der Waals surface area contributed by atoms with Crippen LogP contribution in [0, 0.1) is 0 Å². The van der Waals surface area contributed by atoms with E-state index in [-0.39, 0.29) is 12.1 Å². The molecule has 50 valence electrons. The van der Waals surface area contributed by atoms with Crippen molar-refractivity contribution >= 4 is 28.6 Å². The second kappa shape index (κ2) is 2.68. The standard InChI is InChI=1S/C6H7IO2/c1-2-5-4(7)3-6(8)9-5/h3,5H,2H2,1H3. The Labute approximate surface area is 67.4 Å². The van der Waals surface area contributed by atoms with Crippen LogP contribution in [0.4, 0.5) is 0 Å². The minimum atomic E-state index is -0.203. The molecule has 0 aliphatic carbocycles. The lowest BCUT2D eigenvalue weighted by Gasteiger charge is -2.05. The van der Waals surface area contributed by atoms with E-state index in [2.05, 4.69) is 22.6 Å². The summed E-state index contributed by atoms with van der Waals surface area (Å²) in [6, 6.07) is 0. The highest BCUT2D eigenvalue weighted by Gasteiger charge is 2.21. The zero-order valence-electron chi connectivity index (χ0n) is 5.06. The van der Waals surface area contributed by atoms with Crippen LogP contribution in [0.15, 0.2) is 9.66 Å². The predicted octanol–water partition coefficient (Wildman–Crippen LogP) is 1.64. The van der Waals surface area contributed by atoms with Gasteiger partial charge in [-0.3, -0.25) is 0 Å². The average Bonchev–Trinajstić information content (AvgIpc) is 2.10. The van der Waals surface area contributed by atoms with Crippen molar-refractivity contribution in [2.45, 2.75) is 19.4 Å². The lowest BCUT2D eigenvalue weighted by atomic mass is 10.3. The van der Waals surface area contributed by atoms with Gasteiger partial charge in [0.15, 0.2) is 0 Å². The number of cyclic esters (lactones) is 1. The Morgan fingerprint density at radius 2 is 2.56 bits per heavy atom. The van der Waals surface area contributed by atoms with Gasteiger partial charge >= 0.3 is 5.97 Å². The molecule has 2 nitrogen and oxygen atoms in total. The van der Waals surface area contributed by atoms with Crippen LogP contribution in [0.25, 0.3) is 0 Å². The maximum atomic E-state index is 10.5. The maximum Gasteiger partial charge on any atom is 0.332 e. The van der Waals surface area contributed by atoms with Gasteiger partial charge in [-0.1, -0.05) is 6.92 Å². The van der Waals surface area contributed by atoms with Gasteiger partial charge in [-0.25, -0.2) is 4.79 Å². The molecule has 0 saturated carbocycles. The minimum absolute atomic E-state index is 0.0399. The topological polar surface area (TPSA) is 26.3 Å². The number of hydrogen-bond acceptors (Lipinski definition) is 2. The Balaban J connectivity index is 2.64. The molecule has 0 spiro atoms. The summed E-state index contributed by atoms with van der Waals surface area (Å²) in [5.41, 5.74) is 0. The Kier molecular flexibility index (Phi) is 2.10. The van der Waals surface area contributed by atoms with Gasteiger partial charge in [-0.2, -0.15) is 0 Å². The molecule has 0 N–H and O–H groups in total. The molecule has 1 heterocycles. The number of hydrogen-bond donors (Lipinski definition) is 0. The third kappa shape index (κ3) is 1.44. The first-order valence-electron chi connectivity index (χ1n) is 2.81. The normalized spacial score (nSPS) is 25.8. The van der Waals surface area contributed by atoms with Crippen molar-refractivity contribution in [1.29, 1.82) is 0 Å². The minimum Gasteiger partial charge on any atom is -0.454 e.